The molecule has 118 valence electrons. The van der Waals surface area contributed by atoms with Crippen molar-refractivity contribution in [2.24, 2.45) is 0 Å². The Morgan fingerprint density at radius 2 is 0.833 bits per heavy atom. The van der Waals surface area contributed by atoms with Gasteiger partial charge in [-0.1, -0.05) is 97.2 Å². The molecule has 0 spiro atoms. The first-order valence-corrected chi connectivity index (χ1v) is 8.37. The molecule has 0 heterocycles. The lowest BCUT2D eigenvalue weighted by Gasteiger charge is -2.15. The molecule has 0 aliphatic rings. The summed E-state index contributed by atoms with van der Waals surface area (Å²) >= 11 is 11.0. The lowest BCUT2D eigenvalue weighted by molar-refractivity contribution is 1.57. The summed E-state index contributed by atoms with van der Waals surface area (Å²) in [4.78, 5) is 1.35. The fourth-order valence-corrected chi connectivity index (χ4v) is 2.76. The molecule has 0 aromatic heterocycles. The van der Waals surface area contributed by atoms with Gasteiger partial charge in [-0.2, -0.15) is 0 Å². The Kier molecular flexibility index (Phi) is 5.31. The number of anilines is 2. The summed E-state index contributed by atoms with van der Waals surface area (Å²) < 4.78 is 0. The Morgan fingerprint density at radius 1 is 0.500 bits per heavy atom. The number of rotatable bonds is 4. The Bertz CT molecular complexity index is 773. The molecular formula is C20H16N2S2. The summed E-state index contributed by atoms with van der Waals surface area (Å²) in [5.41, 5.74) is 3.75. The van der Waals surface area contributed by atoms with E-state index in [-0.39, 0.29) is 0 Å². The Balaban J connectivity index is 1.78. The molecule has 3 aromatic carbocycles. The number of hydrogen-bond acceptors (Lipinski definition) is 2. The van der Waals surface area contributed by atoms with E-state index in [4.69, 9.17) is 24.4 Å². The molecule has 0 fully saturated rings. The van der Waals surface area contributed by atoms with Crippen LogP contribution in [0.5, 0.6) is 0 Å². The third-order valence-corrected chi connectivity index (χ3v) is 4.17. The molecule has 0 saturated carbocycles. The van der Waals surface area contributed by atoms with Crippen molar-refractivity contribution in [3.05, 3.63) is 96.1 Å². The number of nitrogens with one attached hydrogen (secondary N) is 2. The monoisotopic (exact) mass is 348 g/mol. The second-order valence-electron chi connectivity index (χ2n) is 5.19. The molecular weight excluding hydrogens is 332 g/mol. The van der Waals surface area contributed by atoms with E-state index >= 15 is 0 Å². The smallest absolute Gasteiger partial charge is 0.111 e. The number of hydrogen-bond donors (Lipinski definition) is 2. The first kappa shape index (κ1) is 16.3. The normalized spacial score (nSPS) is 10.0. The van der Waals surface area contributed by atoms with Gasteiger partial charge in [0.15, 0.2) is 0 Å². The SMILES string of the molecule is S=C(Nc1ccccc1NC(=S)c1ccccc1)c1ccccc1. The van der Waals surface area contributed by atoms with E-state index in [0.717, 1.165) is 22.5 Å². The third kappa shape index (κ3) is 4.04. The fraction of sp³-hybridized carbons (Fsp3) is 0. The van der Waals surface area contributed by atoms with Gasteiger partial charge in [0, 0.05) is 11.1 Å². The van der Waals surface area contributed by atoms with Gasteiger partial charge in [-0.05, 0) is 12.1 Å². The van der Waals surface area contributed by atoms with Gasteiger partial charge in [-0.3, -0.25) is 0 Å². The highest BCUT2D eigenvalue weighted by Gasteiger charge is 2.08. The molecule has 24 heavy (non-hydrogen) atoms. The van der Waals surface area contributed by atoms with Crippen molar-refractivity contribution in [2.75, 3.05) is 10.6 Å². The van der Waals surface area contributed by atoms with E-state index in [1.165, 1.54) is 0 Å². The van der Waals surface area contributed by atoms with Crippen LogP contribution in [0.1, 0.15) is 11.1 Å². The van der Waals surface area contributed by atoms with Crippen molar-refractivity contribution in [3.63, 3.8) is 0 Å². The van der Waals surface area contributed by atoms with Gasteiger partial charge in [0.05, 0.1) is 11.4 Å². The second kappa shape index (κ2) is 7.81. The third-order valence-electron chi connectivity index (χ3n) is 3.50. The van der Waals surface area contributed by atoms with Crippen LogP contribution in [0.3, 0.4) is 0 Å². The molecule has 0 atom stereocenters. The number of benzene rings is 3. The number of thiocarbonyl (C=S) groups is 2. The summed E-state index contributed by atoms with van der Waals surface area (Å²) in [5, 5.41) is 6.59. The minimum Gasteiger partial charge on any atom is -0.344 e. The predicted octanol–water partition coefficient (Wildman–Crippen LogP) is 5.26. The van der Waals surface area contributed by atoms with E-state index in [0.29, 0.717) is 9.98 Å². The average Bonchev–Trinajstić information content (AvgIpc) is 2.64. The van der Waals surface area contributed by atoms with Crippen LogP contribution in [-0.2, 0) is 0 Å². The minimum atomic E-state index is 0.676. The largest absolute Gasteiger partial charge is 0.344 e. The maximum atomic E-state index is 5.50. The summed E-state index contributed by atoms with van der Waals surface area (Å²) in [6.07, 6.45) is 0. The van der Waals surface area contributed by atoms with Crippen LogP contribution in [-0.4, -0.2) is 9.98 Å². The van der Waals surface area contributed by atoms with Crippen molar-refractivity contribution in [3.8, 4) is 0 Å². The Hall–Kier alpha value is -2.56. The van der Waals surface area contributed by atoms with E-state index in [2.05, 4.69) is 10.6 Å². The first-order chi connectivity index (χ1) is 11.7. The van der Waals surface area contributed by atoms with Gasteiger partial charge < -0.3 is 10.6 Å². The minimum absolute atomic E-state index is 0.676. The van der Waals surface area contributed by atoms with E-state index in [1.54, 1.807) is 0 Å². The van der Waals surface area contributed by atoms with Crippen molar-refractivity contribution >= 4 is 45.8 Å². The fourth-order valence-electron chi connectivity index (χ4n) is 2.27. The molecule has 0 saturated heterocycles. The molecule has 0 aliphatic carbocycles. The maximum Gasteiger partial charge on any atom is 0.111 e. The van der Waals surface area contributed by atoms with Crippen LogP contribution >= 0.6 is 24.4 Å². The lowest BCUT2D eigenvalue weighted by Crippen LogP contribution is -2.15. The zero-order chi connectivity index (χ0) is 16.8. The van der Waals surface area contributed by atoms with E-state index in [9.17, 15) is 0 Å². The Morgan fingerprint density at radius 3 is 1.21 bits per heavy atom. The quantitative estimate of drug-likeness (QED) is 0.628. The summed E-state index contributed by atoms with van der Waals surface area (Å²) in [7, 11) is 0. The van der Waals surface area contributed by atoms with Crippen LogP contribution < -0.4 is 10.6 Å². The number of para-hydroxylation sites is 2. The molecule has 0 aliphatic heterocycles. The van der Waals surface area contributed by atoms with Crippen LogP contribution in [0.4, 0.5) is 11.4 Å². The van der Waals surface area contributed by atoms with Gasteiger partial charge >= 0.3 is 0 Å². The van der Waals surface area contributed by atoms with Gasteiger partial charge in [0.2, 0.25) is 0 Å². The van der Waals surface area contributed by atoms with Gasteiger partial charge in [-0.25, -0.2) is 0 Å². The van der Waals surface area contributed by atoms with Crippen LogP contribution in [0.25, 0.3) is 0 Å². The molecule has 4 heteroatoms. The van der Waals surface area contributed by atoms with Gasteiger partial charge in [0.1, 0.15) is 9.98 Å². The lowest BCUT2D eigenvalue weighted by atomic mass is 10.2. The first-order valence-electron chi connectivity index (χ1n) is 7.56. The zero-order valence-electron chi connectivity index (χ0n) is 12.9. The second-order valence-corrected chi connectivity index (χ2v) is 6.00. The maximum absolute atomic E-state index is 5.50. The molecule has 0 unspecified atom stereocenters. The molecule has 2 N–H and O–H groups in total. The highest BCUT2D eigenvalue weighted by Crippen LogP contribution is 2.23. The van der Waals surface area contributed by atoms with Crippen LogP contribution in [0.15, 0.2) is 84.9 Å². The Labute approximate surface area is 152 Å². The average molecular weight is 348 g/mol. The van der Waals surface area contributed by atoms with Gasteiger partial charge in [-0.15, -0.1) is 0 Å². The molecule has 0 bridgehead atoms. The molecule has 2 nitrogen and oxygen atoms in total. The molecule has 3 aromatic rings. The summed E-state index contributed by atoms with van der Waals surface area (Å²) in [6, 6.07) is 27.7. The molecule has 0 radical (unpaired) electrons. The van der Waals surface area contributed by atoms with E-state index < -0.39 is 0 Å². The standard InChI is InChI=1S/C20H16N2S2/c23-19(15-9-3-1-4-10-15)21-17-13-7-8-14-18(17)22-20(24)16-11-5-2-6-12-16/h1-14H,(H,21,23)(H,22,24). The van der Waals surface area contributed by atoms with Crippen molar-refractivity contribution in [1.29, 1.82) is 0 Å². The highest BCUT2D eigenvalue weighted by atomic mass is 32.1. The van der Waals surface area contributed by atoms with Crippen molar-refractivity contribution in [2.45, 2.75) is 0 Å². The van der Waals surface area contributed by atoms with Gasteiger partial charge in [0.25, 0.3) is 0 Å². The van der Waals surface area contributed by atoms with Crippen LogP contribution in [0.2, 0.25) is 0 Å². The predicted molar refractivity (Wildman–Crippen MR) is 110 cm³/mol. The zero-order valence-corrected chi connectivity index (χ0v) is 14.5. The highest BCUT2D eigenvalue weighted by molar-refractivity contribution is 7.81. The molecule has 0 amide bonds. The van der Waals surface area contributed by atoms with Crippen LogP contribution in [0, 0.1) is 0 Å². The van der Waals surface area contributed by atoms with Crippen molar-refractivity contribution in [1.82, 2.24) is 0 Å². The summed E-state index contributed by atoms with van der Waals surface area (Å²) in [6.45, 7) is 0. The summed E-state index contributed by atoms with van der Waals surface area (Å²) in [5.74, 6) is 0. The van der Waals surface area contributed by atoms with E-state index in [1.807, 2.05) is 84.9 Å². The topological polar surface area (TPSA) is 24.1 Å². The molecule has 3 rings (SSSR count). The van der Waals surface area contributed by atoms with Crippen molar-refractivity contribution < 1.29 is 0 Å².